The van der Waals surface area contributed by atoms with Gasteiger partial charge in [-0.15, -0.1) is 0 Å². The van der Waals surface area contributed by atoms with E-state index in [2.05, 4.69) is 15.3 Å². The topological polar surface area (TPSA) is 104 Å². The highest BCUT2D eigenvalue weighted by atomic mass is 35.5. The smallest absolute Gasteiger partial charge is 0.254 e. The molecule has 2 aliphatic rings. The van der Waals surface area contributed by atoms with Crippen LogP contribution in [0.1, 0.15) is 25.7 Å². The van der Waals surface area contributed by atoms with Crippen molar-refractivity contribution in [3.05, 3.63) is 59.5 Å². The molecule has 3 heterocycles. The maximum absolute atomic E-state index is 12.8. The van der Waals surface area contributed by atoms with Crippen LogP contribution in [0, 0.1) is 0 Å². The summed E-state index contributed by atoms with van der Waals surface area (Å²) in [6.45, 7) is 0. The van der Waals surface area contributed by atoms with Crippen molar-refractivity contribution in [3.63, 3.8) is 0 Å². The molecule has 1 aromatic carbocycles. The van der Waals surface area contributed by atoms with Gasteiger partial charge in [0.05, 0.1) is 5.02 Å². The first-order chi connectivity index (χ1) is 17.2. The lowest BCUT2D eigenvalue weighted by Gasteiger charge is -2.37. The Morgan fingerprint density at radius 1 is 1.22 bits per heavy atom. The van der Waals surface area contributed by atoms with Crippen molar-refractivity contribution in [3.8, 4) is 11.1 Å². The van der Waals surface area contributed by atoms with Crippen LogP contribution in [0.15, 0.2) is 54.5 Å². The summed E-state index contributed by atoms with van der Waals surface area (Å²) in [6, 6.07) is 7.29. The van der Waals surface area contributed by atoms with Crippen molar-refractivity contribution >= 4 is 63.0 Å². The predicted octanol–water partition coefficient (Wildman–Crippen LogP) is 4.40. The first kappa shape index (κ1) is 24.1. The van der Waals surface area contributed by atoms with E-state index in [0.717, 1.165) is 27.5 Å². The Hall–Kier alpha value is -3.56. The summed E-state index contributed by atoms with van der Waals surface area (Å²) in [7, 11) is 3.59. The zero-order chi connectivity index (χ0) is 25.6. The number of halogens is 1. The van der Waals surface area contributed by atoms with Crippen molar-refractivity contribution in [1.29, 1.82) is 0 Å². The Bertz CT molecular complexity index is 1450. The molecule has 36 heavy (non-hydrogen) atoms. The van der Waals surface area contributed by atoms with E-state index in [0.29, 0.717) is 47.3 Å². The van der Waals surface area contributed by atoms with E-state index in [1.54, 1.807) is 48.7 Å². The Labute approximate surface area is 219 Å². The summed E-state index contributed by atoms with van der Waals surface area (Å²) in [4.78, 5) is 37.5. The minimum absolute atomic E-state index is 0.0325. The number of fused-ring (bicyclic) bond motifs is 1. The number of pyridine rings is 2. The maximum Gasteiger partial charge on any atom is 0.254 e. The van der Waals surface area contributed by atoms with E-state index in [4.69, 9.17) is 29.6 Å². The molecular weight excluding hydrogens is 496 g/mol. The van der Waals surface area contributed by atoms with Gasteiger partial charge in [-0.3, -0.25) is 19.5 Å². The lowest BCUT2D eigenvalue weighted by molar-refractivity contribution is -0.133. The monoisotopic (exact) mass is 520 g/mol. The van der Waals surface area contributed by atoms with E-state index < -0.39 is 5.54 Å². The van der Waals surface area contributed by atoms with Crippen LogP contribution in [0.4, 0.5) is 11.5 Å². The number of benzene rings is 1. The molecule has 0 radical (unpaired) electrons. The molecule has 2 fully saturated rings. The first-order valence-corrected chi connectivity index (χ1v) is 12.3. The average Bonchev–Trinajstić information content (AvgIpc) is 3.01. The Morgan fingerprint density at radius 3 is 2.64 bits per heavy atom. The molecule has 0 atom stereocenters. The van der Waals surface area contributed by atoms with Gasteiger partial charge in [0.15, 0.2) is 5.11 Å². The highest BCUT2D eigenvalue weighted by molar-refractivity contribution is 7.80. The molecule has 1 spiro atoms. The molecule has 3 N–H and O–H groups in total. The highest BCUT2D eigenvalue weighted by Gasteiger charge is 2.52. The number of nitrogens with zero attached hydrogens (tertiary/aromatic N) is 4. The fourth-order valence-electron chi connectivity index (χ4n) is 5.08. The number of nitrogen functional groups attached to an aromatic ring is 1. The zero-order valence-corrected chi connectivity index (χ0v) is 21.5. The number of rotatable bonds is 3. The number of carbonyl (C=O) groups is 2. The molecular formula is C26H25ClN6O2S. The molecule has 2 amide bonds. The summed E-state index contributed by atoms with van der Waals surface area (Å²) in [5.74, 6) is 0.194. The van der Waals surface area contributed by atoms with Crippen molar-refractivity contribution in [2.24, 2.45) is 0 Å². The maximum atomic E-state index is 12.8. The molecule has 0 unspecified atom stereocenters. The normalized spacial score (nSPS) is 19.9. The minimum atomic E-state index is -0.603. The molecule has 3 aromatic rings. The van der Waals surface area contributed by atoms with Gasteiger partial charge in [-0.1, -0.05) is 17.2 Å². The summed E-state index contributed by atoms with van der Waals surface area (Å²) in [5.41, 5.74) is 8.82. The molecule has 184 valence electrons. The van der Waals surface area contributed by atoms with Gasteiger partial charge < -0.3 is 16.0 Å². The fraction of sp³-hybridized carbons (Fsp3) is 0.269. The van der Waals surface area contributed by atoms with Crippen LogP contribution in [0.2, 0.25) is 5.02 Å². The molecule has 8 nitrogen and oxygen atoms in total. The van der Waals surface area contributed by atoms with Crippen molar-refractivity contribution in [2.75, 3.05) is 25.1 Å². The predicted molar refractivity (Wildman–Crippen MR) is 145 cm³/mol. The standard InChI is InChI=1S/C26H25ClN6O2S/c1-32-24(35)26(33(2)25(32)36)6-3-15(4-7-26)9-23(34)31-22-12-17-10-16(11-21(28)19(17)14-30-22)18-13-29-8-5-20(18)27/h5,8-14H,3-4,6-7,28H2,1-2H3,(H,30,31,34). The number of anilines is 2. The number of amides is 2. The quantitative estimate of drug-likeness (QED) is 0.299. The van der Waals surface area contributed by atoms with E-state index in [9.17, 15) is 9.59 Å². The Balaban J connectivity index is 1.32. The Kier molecular flexibility index (Phi) is 6.13. The van der Waals surface area contributed by atoms with Crippen LogP contribution in [0.25, 0.3) is 21.9 Å². The van der Waals surface area contributed by atoms with Crippen LogP contribution >= 0.6 is 23.8 Å². The van der Waals surface area contributed by atoms with Crippen molar-refractivity contribution in [1.82, 2.24) is 19.8 Å². The van der Waals surface area contributed by atoms with E-state index >= 15 is 0 Å². The second kappa shape index (κ2) is 9.15. The van der Waals surface area contributed by atoms with Gasteiger partial charge in [-0.25, -0.2) is 4.98 Å². The highest BCUT2D eigenvalue weighted by Crippen LogP contribution is 2.41. The fourth-order valence-corrected chi connectivity index (χ4v) is 5.55. The third-order valence-electron chi connectivity index (χ3n) is 7.17. The van der Waals surface area contributed by atoms with Gasteiger partial charge in [-0.2, -0.15) is 0 Å². The zero-order valence-electron chi connectivity index (χ0n) is 19.9. The third kappa shape index (κ3) is 4.08. The molecule has 1 aliphatic carbocycles. The second-order valence-electron chi connectivity index (χ2n) is 9.24. The van der Waals surface area contributed by atoms with E-state index in [1.165, 1.54) is 0 Å². The molecule has 0 bridgehead atoms. The largest absolute Gasteiger partial charge is 0.398 e. The average molecular weight is 521 g/mol. The van der Waals surface area contributed by atoms with Gasteiger partial charge in [0.25, 0.3) is 5.91 Å². The molecule has 10 heteroatoms. The summed E-state index contributed by atoms with van der Waals surface area (Å²) >= 11 is 11.7. The summed E-state index contributed by atoms with van der Waals surface area (Å²) < 4.78 is 0. The molecule has 1 saturated heterocycles. The number of carbonyl (C=O) groups excluding carboxylic acids is 2. The summed E-state index contributed by atoms with van der Waals surface area (Å²) in [6.07, 6.45) is 9.13. The Morgan fingerprint density at radius 2 is 1.97 bits per heavy atom. The first-order valence-electron chi connectivity index (χ1n) is 11.6. The van der Waals surface area contributed by atoms with Crippen LogP contribution in [-0.4, -0.2) is 56.3 Å². The van der Waals surface area contributed by atoms with Gasteiger partial charge in [0.2, 0.25) is 5.91 Å². The second-order valence-corrected chi connectivity index (χ2v) is 10.0. The van der Waals surface area contributed by atoms with E-state index in [-0.39, 0.29) is 11.8 Å². The number of hydrogen-bond donors (Lipinski definition) is 2. The number of nitrogens with two attached hydrogens (primary N) is 1. The number of hydrogen-bond acceptors (Lipinski definition) is 6. The van der Waals surface area contributed by atoms with Gasteiger partial charge in [0.1, 0.15) is 11.4 Å². The van der Waals surface area contributed by atoms with Crippen molar-refractivity contribution in [2.45, 2.75) is 31.2 Å². The van der Waals surface area contributed by atoms with Crippen LogP contribution in [0.5, 0.6) is 0 Å². The van der Waals surface area contributed by atoms with Crippen LogP contribution in [-0.2, 0) is 9.59 Å². The SMILES string of the molecule is CN1C(=O)C2(CCC(=CC(=O)Nc3cc4cc(-c5cnccc5Cl)cc(N)c4cn3)CC2)N(C)C1=S. The van der Waals surface area contributed by atoms with Gasteiger partial charge >= 0.3 is 0 Å². The number of nitrogens with one attached hydrogen (secondary N) is 1. The molecule has 5 rings (SSSR count). The number of aromatic nitrogens is 2. The molecule has 1 saturated carbocycles. The molecule has 1 aliphatic heterocycles. The van der Waals surface area contributed by atoms with E-state index in [1.807, 2.05) is 24.1 Å². The van der Waals surface area contributed by atoms with Crippen LogP contribution in [0.3, 0.4) is 0 Å². The summed E-state index contributed by atoms with van der Waals surface area (Å²) in [5, 5.41) is 5.57. The van der Waals surface area contributed by atoms with Gasteiger partial charge in [-0.05, 0) is 73.1 Å². The third-order valence-corrected chi connectivity index (χ3v) is 8.05. The molecule has 2 aromatic heterocycles. The number of likely N-dealkylation sites (N-methyl/N-ethyl adjacent to an activating group) is 2. The number of allylic oxidation sites excluding steroid dienone is 1. The lowest BCUT2D eigenvalue weighted by Crippen LogP contribution is -2.49. The number of thiocarbonyl (C=S) groups is 1. The minimum Gasteiger partial charge on any atom is -0.398 e. The van der Waals surface area contributed by atoms with Crippen LogP contribution < -0.4 is 11.1 Å². The lowest BCUT2D eigenvalue weighted by atomic mass is 9.78. The van der Waals surface area contributed by atoms with Crippen molar-refractivity contribution < 1.29 is 9.59 Å². The van der Waals surface area contributed by atoms with Gasteiger partial charge in [0, 0.05) is 55.4 Å².